The number of hydrogen-bond acceptors (Lipinski definition) is 4. The fourth-order valence-corrected chi connectivity index (χ4v) is 5.62. The molecule has 0 saturated carbocycles. The third kappa shape index (κ3) is 3.27. The molecule has 40 heavy (non-hydrogen) atoms. The van der Waals surface area contributed by atoms with Crippen molar-refractivity contribution in [2.24, 2.45) is 0 Å². The van der Waals surface area contributed by atoms with Crippen LogP contribution in [-0.2, 0) is 0 Å². The Morgan fingerprint density at radius 3 is 1.77 bits per heavy atom. The molecule has 0 fully saturated rings. The minimum Gasteiger partial charge on any atom is -0.308 e. The van der Waals surface area contributed by atoms with Crippen LogP contribution in [0.25, 0.3) is 38.6 Å². The summed E-state index contributed by atoms with van der Waals surface area (Å²) in [4.78, 5) is 29.3. The number of carbonyl (C=O) groups excluding carboxylic acids is 2. The summed E-state index contributed by atoms with van der Waals surface area (Å²) in [6.07, 6.45) is 0. The van der Waals surface area contributed by atoms with Crippen LogP contribution in [0.1, 0.15) is 31.8 Å². The van der Waals surface area contributed by atoms with Gasteiger partial charge in [-0.1, -0.05) is 66.7 Å². The summed E-state index contributed by atoms with van der Waals surface area (Å²) < 4.78 is 1.88. The van der Waals surface area contributed by atoms with Gasteiger partial charge in [-0.3, -0.25) is 9.59 Å². The first-order valence-corrected chi connectivity index (χ1v) is 12.7. The zero-order valence-electron chi connectivity index (χ0n) is 21.0. The largest absolute Gasteiger partial charge is 0.308 e. The number of hydrogen-bond donors (Lipinski definition) is 0. The molecule has 6 heteroatoms. The Kier molecular flexibility index (Phi) is 5.10. The summed E-state index contributed by atoms with van der Waals surface area (Å²) in [5.41, 5.74) is 5.61. The number of aromatic nitrogens is 1. The fraction of sp³-hybridized carbons (Fsp3) is 0. The highest BCUT2D eigenvalue weighted by Crippen LogP contribution is 2.40. The molecule has 1 aliphatic rings. The maximum atomic E-state index is 14.2. The molecule has 0 spiro atoms. The number of fused-ring (bicyclic) bond motifs is 4. The highest BCUT2D eigenvalue weighted by molar-refractivity contribution is 6.36. The lowest BCUT2D eigenvalue weighted by Crippen LogP contribution is -2.30. The molecule has 2 heterocycles. The van der Waals surface area contributed by atoms with Crippen LogP contribution in [0.15, 0.2) is 109 Å². The lowest BCUT2D eigenvalue weighted by molar-refractivity contribution is 0.0926. The van der Waals surface area contributed by atoms with Crippen molar-refractivity contribution in [1.29, 1.82) is 10.5 Å². The van der Waals surface area contributed by atoms with Gasteiger partial charge < -0.3 is 4.57 Å². The van der Waals surface area contributed by atoms with E-state index in [-0.39, 0.29) is 5.56 Å². The topological polar surface area (TPSA) is 89.9 Å². The molecule has 0 N–H and O–H groups in total. The Hall–Kier alpha value is -5.98. The second-order valence-corrected chi connectivity index (χ2v) is 9.55. The van der Waals surface area contributed by atoms with Gasteiger partial charge in [-0.05, 0) is 48.0 Å². The highest BCUT2D eigenvalue weighted by atomic mass is 16.2. The normalized spacial score (nSPS) is 12.5. The van der Waals surface area contributed by atoms with Crippen molar-refractivity contribution in [2.75, 3.05) is 4.90 Å². The van der Waals surface area contributed by atoms with Gasteiger partial charge in [0.1, 0.15) is 0 Å². The van der Waals surface area contributed by atoms with Crippen molar-refractivity contribution < 1.29 is 9.59 Å². The molecule has 0 unspecified atom stereocenters. The first-order chi connectivity index (χ1) is 19.6. The molecule has 0 radical (unpaired) electrons. The maximum Gasteiger partial charge on any atom is 0.268 e. The Bertz CT molecular complexity index is 2060. The molecule has 1 aromatic heterocycles. The summed E-state index contributed by atoms with van der Waals surface area (Å²) in [6, 6.07) is 37.4. The minimum absolute atomic E-state index is 0.277. The van der Waals surface area contributed by atoms with Gasteiger partial charge in [-0.2, -0.15) is 10.5 Å². The van der Waals surface area contributed by atoms with Gasteiger partial charge in [0.25, 0.3) is 11.8 Å². The summed E-state index contributed by atoms with van der Waals surface area (Å²) >= 11 is 0. The number of imide groups is 1. The average molecular weight is 515 g/mol. The second kappa shape index (κ2) is 8.80. The van der Waals surface area contributed by atoms with E-state index in [1.165, 1.54) is 4.90 Å². The predicted octanol–water partition coefficient (Wildman–Crippen LogP) is 6.99. The standard InChI is InChI=1S/C34H18N4O2/c35-19-21-13-15-25-26-16-14-22(20-36)18-31(26)37(30(25)17-21)29-12-6-10-27-32(29)34(40)38(33(27)39)28-11-5-4-9-24(28)23-7-2-1-3-8-23/h1-18H. The van der Waals surface area contributed by atoms with Crippen LogP contribution in [0.5, 0.6) is 0 Å². The quantitative estimate of drug-likeness (QED) is 0.238. The minimum atomic E-state index is -0.429. The lowest BCUT2D eigenvalue weighted by Gasteiger charge is -2.18. The molecular weight excluding hydrogens is 496 g/mol. The molecule has 6 nitrogen and oxygen atoms in total. The number of nitrogens with zero attached hydrogens (tertiary/aromatic N) is 4. The average Bonchev–Trinajstić information content (AvgIpc) is 3.47. The van der Waals surface area contributed by atoms with Gasteiger partial charge in [0.05, 0.1) is 56.8 Å². The smallest absolute Gasteiger partial charge is 0.268 e. The molecule has 0 bridgehead atoms. The van der Waals surface area contributed by atoms with Crippen molar-refractivity contribution in [2.45, 2.75) is 0 Å². The fourth-order valence-electron chi connectivity index (χ4n) is 5.62. The SMILES string of the molecule is N#Cc1ccc2c3ccc(C#N)cc3n(-c3cccc4c3C(=O)N(c3ccccc3-c3ccccc3)C4=O)c2c1. The van der Waals surface area contributed by atoms with Crippen molar-refractivity contribution in [3.05, 3.63) is 131 Å². The van der Waals surface area contributed by atoms with Gasteiger partial charge in [-0.25, -0.2) is 4.90 Å². The molecule has 1 aliphatic heterocycles. The summed E-state index contributed by atoms with van der Waals surface area (Å²) in [6.45, 7) is 0. The van der Waals surface area contributed by atoms with E-state index < -0.39 is 11.8 Å². The number of rotatable bonds is 3. The molecule has 6 aromatic rings. The lowest BCUT2D eigenvalue weighted by atomic mass is 10.0. The number of nitriles is 2. The third-order valence-electron chi connectivity index (χ3n) is 7.39. The van der Waals surface area contributed by atoms with Crippen LogP contribution in [0.2, 0.25) is 0 Å². The van der Waals surface area contributed by atoms with E-state index in [0.29, 0.717) is 39.1 Å². The van der Waals surface area contributed by atoms with E-state index >= 15 is 0 Å². The molecular formula is C34H18N4O2. The Balaban J connectivity index is 1.49. The van der Waals surface area contributed by atoms with Crippen molar-refractivity contribution in [3.8, 4) is 29.0 Å². The van der Waals surface area contributed by atoms with Crippen LogP contribution in [-0.4, -0.2) is 16.4 Å². The summed E-state index contributed by atoms with van der Waals surface area (Å²) in [7, 11) is 0. The molecule has 7 rings (SSSR count). The van der Waals surface area contributed by atoms with E-state index in [1.54, 1.807) is 48.5 Å². The Morgan fingerprint density at radius 2 is 1.12 bits per heavy atom. The third-order valence-corrected chi connectivity index (χ3v) is 7.39. The van der Waals surface area contributed by atoms with Gasteiger partial charge >= 0.3 is 0 Å². The first kappa shape index (κ1) is 23.2. The van der Waals surface area contributed by atoms with Crippen LogP contribution >= 0.6 is 0 Å². The second-order valence-electron chi connectivity index (χ2n) is 9.55. The van der Waals surface area contributed by atoms with Crippen molar-refractivity contribution >= 4 is 39.3 Å². The number of carbonyl (C=O) groups is 2. The number of para-hydroxylation sites is 1. The Morgan fingerprint density at radius 1 is 0.550 bits per heavy atom. The van der Waals surface area contributed by atoms with Gasteiger partial charge in [0.2, 0.25) is 0 Å². The predicted molar refractivity (Wildman–Crippen MR) is 153 cm³/mol. The number of benzene rings is 5. The summed E-state index contributed by atoms with van der Waals surface area (Å²) in [5.74, 6) is -0.830. The van der Waals surface area contributed by atoms with Gasteiger partial charge in [0.15, 0.2) is 0 Å². The monoisotopic (exact) mass is 514 g/mol. The number of anilines is 1. The van der Waals surface area contributed by atoms with Gasteiger partial charge in [0, 0.05) is 16.3 Å². The number of amides is 2. The van der Waals surface area contributed by atoms with E-state index in [4.69, 9.17) is 0 Å². The molecule has 0 atom stereocenters. The van der Waals surface area contributed by atoms with Crippen LogP contribution < -0.4 is 4.90 Å². The van der Waals surface area contributed by atoms with E-state index in [0.717, 1.165) is 21.9 Å². The molecule has 5 aromatic carbocycles. The molecule has 2 amide bonds. The van der Waals surface area contributed by atoms with Crippen molar-refractivity contribution in [1.82, 2.24) is 4.57 Å². The van der Waals surface area contributed by atoms with Gasteiger partial charge in [-0.15, -0.1) is 0 Å². The highest BCUT2D eigenvalue weighted by Gasteiger charge is 2.40. The molecule has 0 saturated heterocycles. The van der Waals surface area contributed by atoms with E-state index in [2.05, 4.69) is 12.1 Å². The first-order valence-electron chi connectivity index (χ1n) is 12.7. The van der Waals surface area contributed by atoms with Crippen LogP contribution in [0, 0.1) is 22.7 Å². The zero-order chi connectivity index (χ0) is 27.4. The Labute approximate surface area is 229 Å². The van der Waals surface area contributed by atoms with E-state index in [1.807, 2.05) is 65.2 Å². The summed E-state index contributed by atoms with van der Waals surface area (Å²) in [5, 5.41) is 21.0. The zero-order valence-corrected chi connectivity index (χ0v) is 21.0. The maximum absolute atomic E-state index is 14.2. The van der Waals surface area contributed by atoms with Crippen molar-refractivity contribution in [3.63, 3.8) is 0 Å². The van der Waals surface area contributed by atoms with Crippen LogP contribution in [0.3, 0.4) is 0 Å². The molecule has 0 aliphatic carbocycles. The van der Waals surface area contributed by atoms with E-state index in [9.17, 15) is 20.1 Å². The van der Waals surface area contributed by atoms with Crippen LogP contribution in [0.4, 0.5) is 5.69 Å². The molecule has 186 valence electrons.